The molecule has 0 radical (unpaired) electrons. The van der Waals surface area contributed by atoms with E-state index in [4.69, 9.17) is 15.4 Å². The quantitative estimate of drug-likeness (QED) is 0.766. The summed E-state index contributed by atoms with van der Waals surface area (Å²) in [7, 11) is -1.55. The van der Waals surface area contributed by atoms with E-state index < -0.39 is 18.9 Å². The zero-order valence-electron chi connectivity index (χ0n) is 11.7. The Morgan fingerprint density at radius 1 is 1.10 bits per heavy atom. The molecule has 0 aliphatic carbocycles. The minimum Gasteiger partial charge on any atom is -0.492 e. The van der Waals surface area contributed by atoms with E-state index in [-0.39, 0.29) is 17.3 Å². The van der Waals surface area contributed by atoms with Gasteiger partial charge in [0.2, 0.25) is 0 Å². The highest BCUT2D eigenvalue weighted by Crippen LogP contribution is 2.32. The van der Waals surface area contributed by atoms with E-state index in [9.17, 15) is 16.8 Å². The predicted molar refractivity (Wildman–Crippen MR) is 78.9 cm³/mol. The molecular formula is C12H17ClO5S2. The zero-order valence-corrected chi connectivity index (χ0v) is 14.1. The zero-order chi connectivity index (χ0) is 15.7. The van der Waals surface area contributed by atoms with Crippen molar-refractivity contribution in [3.63, 3.8) is 0 Å². The molecule has 0 saturated heterocycles. The number of halogens is 1. The molecule has 0 aromatic heterocycles. The van der Waals surface area contributed by atoms with Crippen molar-refractivity contribution in [3.8, 4) is 5.75 Å². The summed E-state index contributed by atoms with van der Waals surface area (Å²) in [6.45, 7) is 5.05. The van der Waals surface area contributed by atoms with E-state index in [1.165, 1.54) is 6.07 Å². The summed E-state index contributed by atoms with van der Waals surface area (Å²) in [6, 6.07) is 1.43. The Bertz CT molecular complexity index is 721. The molecule has 1 rings (SSSR count). The van der Waals surface area contributed by atoms with Gasteiger partial charge in [-0.2, -0.15) is 0 Å². The lowest BCUT2D eigenvalue weighted by Crippen LogP contribution is -2.13. The van der Waals surface area contributed by atoms with Crippen LogP contribution in [0.25, 0.3) is 0 Å². The number of hydrogen-bond donors (Lipinski definition) is 0. The van der Waals surface area contributed by atoms with Gasteiger partial charge in [-0.25, -0.2) is 16.8 Å². The van der Waals surface area contributed by atoms with Crippen molar-refractivity contribution in [1.29, 1.82) is 0 Å². The molecule has 0 fully saturated rings. The highest BCUT2D eigenvalue weighted by Gasteiger charge is 2.19. The van der Waals surface area contributed by atoms with Crippen LogP contribution in [0.2, 0.25) is 0 Å². The lowest BCUT2D eigenvalue weighted by Gasteiger charge is -2.16. The van der Waals surface area contributed by atoms with Crippen molar-refractivity contribution < 1.29 is 21.6 Å². The molecule has 0 aliphatic rings. The lowest BCUT2D eigenvalue weighted by molar-refractivity contribution is 0.335. The van der Waals surface area contributed by atoms with Crippen molar-refractivity contribution in [3.05, 3.63) is 22.8 Å². The van der Waals surface area contributed by atoms with Gasteiger partial charge in [-0.05, 0) is 43.5 Å². The predicted octanol–water partition coefficient (Wildman–Crippen LogP) is 1.96. The molecule has 0 unspecified atom stereocenters. The van der Waals surface area contributed by atoms with Crippen LogP contribution in [0.4, 0.5) is 0 Å². The summed E-state index contributed by atoms with van der Waals surface area (Å²) in [6.07, 6.45) is 1.13. The molecule has 0 saturated carbocycles. The minimum atomic E-state index is -3.82. The first-order chi connectivity index (χ1) is 8.93. The van der Waals surface area contributed by atoms with E-state index >= 15 is 0 Å². The van der Waals surface area contributed by atoms with Crippen molar-refractivity contribution in [2.45, 2.75) is 25.7 Å². The Labute approximate surface area is 124 Å². The fourth-order valence-corrected chi connectivity index (χ4v) is 3.49. The number of benzene rings is 1. The first-order valence-electron chi connectivity index (χ1n) is 5.79. The summed E-state index contributed by atoms with van der Waals surface area (Å²) in [5, 5.41) is 0. The van der Waals surface area contributed by atoms with Crippen LogP contribution >= 0.6 is 10.7 Å². The minimum absolute atomic E-state index is 0.0208. The molecule has 8 heteroatoms. The Hall–Kier alpha value is -0.790. The maximum Gasteiger partial charge on any atom is 0.261 e. The molecule has 0 aliphatic heterocycles. The summed E-state index contributed by atoms with van der Waals surface area (Å²) in [4.78, 5) is 0.0460. The summed E-state index contributed by atoms with van der Waals surface area (Å²) < 4.78 is 50.5. The van der Waals surface area contributed by atoms with Crippen molar-refractivity contribution in [2.75, 3.05) is 18.6 Å². The summed E-state index contributed by atoms with van der Waals surface area (Å²) in [5.74, 6) is 0.399. The van der Waals surface area contributed by atoms with Crippen LogP contribution in [0, 0.1) is 20.8 Å². The number of rotatable bonds is 5. The molecular weight excluding hydrogens is 324 g/mol. The Kier molecular flexibility index (Phi) is 5.10. The molecule has 20 heavy (non-hydrogen) atoms. The van der Waals surface area contributed by atoms with Crippen LogP contribution in [-0.2, 0) is 18.9 Å². The molecule has 5 nitrogen and oxygen atoms in total. The highest BCUT2D eigenvalue weighted by atomic mass is 35.7. The fraction of sp³-hybridized carbons (Fsp3) is 0.500. The topological polar surface area (TPSA) is 77.5 Å². The van der Waals surface area contributed by atoms with Gasteiger partial charge in [-0.3, -0.25) is 0 Å². The van der Waals surface area contributed by atoms with E-state index in [1.54, 1.807) is 20.8 Å². The van der Waals surface area contributed by atoms with Gasteiger partial charge in [0.05, 0.1) is 10.6 Å². The van der Waals surface area contributed by atoms with Crippen LogP contribution in [0.3, 0.4) is 0 Å². The Morgan fingerprint density at radius 2 is 1.65 bits per heavy atom. The van der Waals surface area contributed by atoms with Crippen LogP contribution in [0.15, 0.2) is 11.0 Å². The largest absolute Gasteiger partial charge is 0.492 e. The van der Waals surface area contributed by atoms with E-state index in [0.29, 0.717) is 22.4 Å². The molecule has 0 heterocycles. The molecule has 1 aromatic carbocycles. The van der Waals surface area contributed by atoms with E-state index in [1.807, 2.05) is 0 Å². The second kappa shape index (κ2) is 5.91. The Morgan fingerprint density at radius 3 is 2.10 bits per heavy atom. The molecule has 0 atom stereocenters. The van der Waals surface area contributed by atoms with Gasteiger partial charge in [0.25, 0.3) is 9.05 Å². The van der Waals surface area contributed by atoms with Crippen LogP contribution in [0.1, 0.15) is 16.7 Å². The van der Waals surface area contributed by atoms with Gasteiger partial charge in [0, 0.05) is 16.9 Å². The smallest absolute Gasteiger partial charge is 0.261 e. The molecule has 114 valence electrons. The normalized spacial score (nSPS) is 12.4. The van der Waals surface area contributed by atoms with E-state index in [0.717, 1.165) is 6.26 Å². The highest BCUT2D eigenvalue weighted by molar-refractivity contribution is 8.13. The second-order valence-electron chi connectivity index (χ2n) is 4.69. The van der Waals surface area contributed by atoms with Gasteiger partial charge in [-0.15, -0.1) is 0 Å². The van der Waals surface area contributed by atoms with Gasteiger partial charge in [0.1, 0.15) is 12.4 Å². The molecule has 0 spiro atoms. The number of hydrogen-bond acceptors (Lipinski definition) is 5. The van der Waals surface area contributed by atoms with Crippen LogP contribution in [-0.4, -0.2) is 35.5 Å². The molecule has 0 amide bonds. The maximum atomic E-state index is 11.5. The lowest BCUT2D eigenvalue weighted by atomic mass is 10.1. The number of sulfone groups is 1. The van der Waals surface area contributed by atoms with Gasteiger partial charge >= 0.3 is 0 Å². The summed E-state index contributed by atoms with van der Waals surface area (Å²) in [5.41, 5.74) is 1.73. The fourth-order valence-electron chi connectivity index (χ4n) is 1.79. The van der Waals surface area contributed by atoms with Crippen molar-refractivity contribution >= 4 is 29.6 Å². The second-order valence-corrected chi connectivity index (χ2v) is 9.48. The molecule has 0 N–H and O–H groups in total. The van der Waals surface area contributed by atoms with Gasteiger partial charge in [0.15, 0.2) is 9.84 Å². The number of ether oxygens (including phenoxy) is 1. The van der Waals surface area contributed by atoms with Crippen LogP contribution in [0.5, 0.6) is 5.75 Å². The average Bonchev–Trinajstić information content (AvgIpc) is 2.25. The average molecular weight is 341 g/mol. The van der Waals surface area contributed by atoms with E-state index in [2.05, 4.69) is 0 Å². The number of aryl methyl sites for hydroxylation is 1. The first kappa shape index (κ1) is 17.3. The molecule has 1 aromatic rings. The summed E-state index contributed by atoms with van der Waals surface area (Å²) >= 11 is 0. The SMILES string of the molecule is Cc1cc(S(=O)(=O)Cl)c(C)c(C)c1OCCS(C)(=O)=O. The standard InChI is InChI=1S/C12H17ClO5S2/c1-8-7-11(20(13,16)17)9(2)10(3)12(8)18-5-6-19(4,14)15/h7H,5-6H2,1-4H3. The first-order valence-corrected chi connectivity index (χ1v) is 10.2. The third-order valence-electron chi connectivity index (χ3n) is 2.94. The molecule has 0 bridgehead atoms. The van der Waals surface area contributed by atoms with Crippen molar-refractivity contribution in [1.82, 2.24) is 0 Å². The third kappa shape index (κ3) is 4.36. The van der Waals surface area contributed by atoms with Crippen molar-refractivity contribution in [2.24, 2.45) is 0 Å². The van der Waals surface area contributed by atoms with Gasteiger partial charge in [-0.1, -0.05) is 0 Å². The Balaban J connectivity index is 3.15. The maximum absolute atomic E-state index is 11.5. The third-order valence-corrected chi connectivity index (χ3v) is 5.30. The monoisotopic (exact) mass is 340 g/mol. The van der Waals surface area contributed by atoms with Gasteiger partial charge < -0.3 is 4.74 Å². The van der Waals surface area contributed by atoms with Crippen LogP contribution < -0.4 is 4.74 Å².